The van der Waals surface area contributed by atoms with Crippen molar-refractivity contribution in [1.29, 1.82) is 0 Å². The average molecular weight is 294 g/mol. The molecule has 118 valence electrons. The van der Waals surface area contributed by atoms with Crippen molar-refractivity contribution in [2.24, 2.45) is 0 Å². The third-order valence-electron chi connectivity index (χ3n) is 3.23. The number of urea groups is 1. The summed E-state index contributed by atoms with van der Waals surface area (Å²) in [4.78, 5) is 11.8. The van der Waals surface area contributed by atoms with Crippen LogP contribution in [0.25, 0.3) is 0 Å². The second-order valence-corrected chi connectivity index (χ2v) is 5.36. The van der Waals surface area contributed by atoms with Crippen molar-refractivity contribution in [3.05, 3.63) is 29.8 Å². The first-order chi connectivity index (χ1) is 9.97. The number of amides is 2. The fraction of sp³-hybridized carbons (Fsp3) is 0.562. The minimum atomic E-state index is -0.457. The number of carbonyl (C=O) groups excluding carboxylic acids is 1. The van der Waals surface area contributed by atoms with Crippen molar-refractivity contribution in [1.82, 2.24) is 10.6 Å². The Bertz CT molecular complexity index is 445. The summed E-state index contributed by atoms with van der Waals surface area (Å²) in [7, 11) is 0. The van der Waals surface area contributed by atoms with Gasteiger partial charge >= 0.3 is 6.03 Å². The lowest BCUT2D eigenvalue weighted by atomic mass is 10.0. The highest BCUT2D eigenvalue weighted by atomic mass is 16.5. The maximum Gasteiger partial charge on any atom is 0.317 e. The molecular weight excluding hydrogens is 268 g/mol. The number of nitrogens with one attached hydrogen (secondary N) is 2. The van der Waals surface area contributed by atoms with E-state index in [0.717, 1.165) is 11.3 Å². The Morgan fingerprint density at radius 3 is 2.48 bits per heavy atom. The van der Waals surface area contributed by atoms with Gasteiger partial charge < -0.3 is 20.5 Å². The predicted octanol–water partition coefficient (Wildman–Crippen LogP) is 2.60. The lowest BCUT2D eigenvalue weighted by molar-refractivity contribution is 0.168. The third kappa shape index (κ3) is 5.63. The number of aliphatic hydroxyl groups excluding tert-OH is 1. The number of carbonyl (C=O) groups is 1. The fourth-order valence-corrected chi connectivity index (χ4v) is 1.97. The molecule has 0 saturated heterocycles. The van der Waals surface area contributed by atoms with E-state index in [1.807, 2.05) is 31.2 Å². The lowest BCUT2D eigenvalue weighted by Gasteiger charge is -2.21. The molecule has 0 bridgehead atoms. The number of ether oxygens (including phenoxy) is 1. The molecule has 3 N–H and O–H groups in total. The van der Waals surface area contributed by atoms with E-state index in [9.17, 15) is 4.79 Å². The molecule has 21 heavy (non-hydrogen) atoms. The Morgan fingerprint density at radius 1 is 1.24 bits per heavy atom. The molecule has 0 aliphatic rings. The van der Waals surface area contributed by atoms with Crippen LogP contribution in [0.1, 0.15) is 45.6 Å². The van der Waals surface area contributed by atoms with Gasteiger partial charge in [-0.2, -0.15) is 0 Å². The molecule has 0 aromatic heterocycles. The van der Waals surface area contributed by atoms with Gasteiger partial charge in [0.1, 0.15) is 5.75 Å². The summed E-state index contributed by atoms with van der Waals surface area (Å²) >= 11 is 0. The van der Waals surface area contributed by atoms with Crippen LogP contribution < -0.4 is 15.4 Å². The van der Waals surface area contributed by atoms with Crippen LogP contribution in [0.15, 0.2) is 24.3 Å². The number of rotatable bonds is 7. The summed E-state index contributed by atoms with van der Waals surface area (Å²) in [6, 6.07) is 7.22. The van der Waals surface area contributed by atoms with Gasteiger partial charge in [0.15, 0.2) is 6.23 Å². The zero-order chi connectivity index (χ0) is 15.8. The quantitative estimate of drug-likeness (QED) is 0.677. The van der Waals surface area contributed by atoms with Crippen molar-refractivity contribution in [3.63, 3.8) is 0 Å². The van der Waals surface area contributed by atoms with Crippen molar-refractivity contribution in [2.45, 2.75) is 52.3 Å². The second-order valence-electron chi connectivity index (χ2n) is 5.36. The highest BCUT2D eigenvalue weighted by Gasteiger charge is 2.14. The zero-order valence-corrected chi connectivity index (χ0v) is 13.2. The van der Waals surface area contributed by atoms with Crippen molar-refractivity contribution >= 4 is 6.03 Å². The molecule has 1 aromatic carbocycles. The van der Waals surface area contributed by atoms with Gasteiger partial charge in [-0.1, -0.05) is 39.0 Å². The van der Waals surface area contributed by atoms with E-state index in [1.165, 1.54) is 0 Å². The van der Waals surface area contributed by atoms with Gasteiger partial charge in [-0.15, -0.1) is 0 Å². The molecule has 1 rings (SSSR count). The molecule has 5 nitrogen and oxygen atoms in total. The molecular formula is C16H26N2O3. The SMILES string of the molecule is CCC(CO)NC(=O)NC(C)Oc1ccccc1C(C)C. The predicted molar refractivity (Wildman–Crippen MR) is 83.5 cm³/mol. The van der Waals surface area contributed by atoms with Crippen LogP contribution in [0, 0.1) is 0 Å². The maximum atomic E-state index is 11.8. The Kier molecular flexibility index (Phi) is 7.02. The monoisotopic (exact) mass is 294 g/mol. The van der Waals surface area contributed by atoms with Gasteiger partial charge in [0.05, 0.1) is 12.6 Å². The lowest BCUT2D eigenvalue weighted by Crippen LogP contribution is -2.48. The van der Waals surface area contributed by atoms with Crippen LogP contribution >= 0.6 is 0 Å². The summed E-state index contributed by atoms with van der Waals surface area (Å²) in [6.45, 7) is 7.80. The van der Waals surface area contributed by atoms with E-state index < -0.39 is 6.23 Å². The topological polar surface area (TPSA) is 70.6 Å². The Morgan fingerprint density at radius 2 is 1.90 bits per heavy atom. The van der Waals surface area contributed by atoms with Crippen molar-refractivity contribution < 1.29 is 14.6 Å². The molecule has 0 spiro atoms. The van der Waals surface area contributed by atoms with Gasteiger partial charge in [0, 0.05) is 0 Å². The number of hydrogen-bond donors (Lipinski definition) is 3. The van der Waals surface area contributed by atoms with Crippen LogP contribution in [0.4, 0.5) is 4.79 Å². The summed E-state index contributed by atoms with van der Waals surface area (Å²) in [5, 5.41) is 14.5. The van der Waals surface area contributed by atoms with Gasteiger partial charge in [0.25, 0.3) is 0 Å². The van der Waals surface area contributed by atoms with Gasteiger partial charge in [-0.25, -0.2) is 4.79 Å². The minimum absolute atomic E-state index is 0.0741. The van der Waals surface area contributed by atoms with Crippen LogP contribution in [-0.2, 0) is 0 Å². The molecule has 1 aromatic rings. The first-order valence-corrected chi connectivity index (χ1v) is 7.41. The number of benzene rings is 1. The molecule has 0 heterocycles. The van der Waals surface area contributed by atoms with E-state index >= 15 is 0 Å². The molecule has 2 atom stereocenters. The average Bonchev–Trinajstić information content (AvgIpc) is 2.44. The fourth-order valence-electron chi connectivity index (χ4n) is 1.97. The number of hydrogen-bond acceptors (Lipinski definition) is 3. The molecule has 5 heteroatoms. The zero-order valence-electron chi connectivity index (χ0n) is 13.2. The third-order valence-corrected chi connectivity index (χ3v) is 3.23. The molecule has 0 fully saturated rings. The summed E-state index contributed by atoms with van der Waals surface area (Å²) in [6.07, 6.45) is 0.219. The minimum Gasteiger partial charge on any atom is -0.471 e. The highest BCUT2D eigenvalue weighted by molar-refractivity contribution is 5.74. The second kappa shape index (κ2) is 8.52. The van der Waals surface area contributed by atoms with Crippen LogP contribution in [0.5, 0.6) is 5.75 Å². The van der Waals surface area contributed by atoms with E-state index in [1.54, 1.807) is 6.92 Å². The first kappa shape index (κ1) is 17.3. The standard InChI is InChI=1S/C16H26N2O3/c1-5-13(10-19)18-16(20)17-12(4)21-15-9-7-6-8-14(15)11(2)3/h6-9,11-13,19H,5,10H2,1-4H3,(H2,17,18,20). The molecule has 2 unspecified atom stereocenters. The molecule has 0 radical (unpaired) electrons. The highest BCUT2D eigenvalue weighted by Crippen LogP contribution is 2.26. The van der Waals surface area contributed by atoms with Gasteiger partial charge in [0.2, 0.25) is 0 Å². The van der Waals surface area contributed by atoms with Crippen LogP contribution in [0.3, 0.4) is 0 Å². The van der Waals surface area contributed by atoms with E-state index in [4.69, 9.17) is 9.84 Å². The van der Waals surface area contributed by atoms with Crippen LogP contribution in [-0.4, -0.2) is 30.0 Å². The van der Waals surface area contributed by atoms with Crippen LogP contribution in [0.2, 0.25) is 0 Å². The Hall–Kier alpha value is -1.75. The van der Waals surface area contributed by atoms with Gasteiger partial charge in [-0.05, 0) is 30.9 Å². The largest absolute Gasteiger partial charge is 0.471 e. The Balaban J connectivity index is 2.58. The first-order valence-electron chi connectivity index (χ1n) is 7.41. The number of aliphatic hydroxyl groups is 1. The molecule has 2 amide bonds. The molecule has 0 saturated carbocycles. The van der Waals surface area contributed by atoms with Gasteiger partial charge in [-0.3, -0.25) is 0 Å². The van der Waals surface area contributed by atoms with Crippen molar-refractivity contribution in [2.75, 3.05) is 6.61 Å². The molecule has 0 aliphatic carbocycles. The van der Waals surface area contributed by atoms with E-state index in [-0.39, 0.29) is 18.7 Å². The summed E-state index contributed by atoms with van der Waals surface area (Å²) in [5.41, 5.74) is 1.10. The normalized spacial score (nSPS) is 13.6. The smallest absolute Gasteiger partial charge is 0.317 e. The summed E-state index contributed by atoms with van der Waals surface area (Å²) < 4.78 is 5.79. The van der Waals surface area contributed by atoms with Crippen molar-refractivity contribution in [3.8, 4) is 5.75 Å². The van der Waals surface area contributed by atoms with E-state index in [2.05, 4.69) is 24.5 Å². The van der Waals surface area contributed by atoms with E-state index in [0.29, 0.717) is 12.3 Å². The summed E-state index contributed by atoms with van der Waals surface area (Å²) in [5.74, 6) is 1.12. The molecule has 0 aliphatic heterocycles. The number of para-hydroxylation sites is 1. The Labute approximate surface area is 126 Å². The maximum absolute atomic E-state index is 11.8.